The number of hydrogen-bond donors (Lipinski definition) is 1. The second-order valence-corrected chi connectivity index (χ2v) is 8.09. The van der Waals surface area contributed by atoms with Crippen molar-refractivity contribution >= 4 is 22.8 Å². The molecule has 30 heavy (non-hydrogen) atoms. The van der Waals surface area contributed by atoms with Crippen LogP contribution in [-0.2, 0) is 6.54 Å². The number of hydrogen-bond acceptors (Lipinski definition) is 3. The Kier molecular flexibility index (Phi) is 7.61. The zero-order valence-corrected chi connectivity index (χ0v) is 18.2. The number of carbonyl (C=O) groups is 1. The summed E-state index contributed by atoms with van der Waals surface area (Å²) in [6.07, 6.45) is 7.37. The third-order valence-corrected chi connectivity index (χ3v) is 5.39. The molecule has 3 aromatic rings. The van der Waals surface area contributed by atoms with Crippen molar-refractivity contribution in [1.82, 2.24) is 9.47 Å². The molecule has 0 aliphatic carbocycles. The Hall–Kier alpha value is -2.69. The van der Waals surface area contributed by atoms with Crippen LogP contribution in [0.3, 0.4) is 0 Å². The standard InChI is InChI=1S/C26H32N2O2/c1-4-5-16-27(3)18-23(29)19-28-17-22(24-8-6-7-9-25(24)28)14-15-26(30)21-12-10-20(2)11-13-21/h6-15,17,23,29H,4-5,16,18-19H2,1-3H3/b15-14+/t23-/m1/s1. The van der Waals surface area contributed by atoms with Gasteiger partial charge in [0.1, 0.15) is 0 Å². The molecule has 2 aromatic carbocycles. The summed E-state index contributed by atoms with van der Waals surface area (Å²) in [7, 11) is 2.05. The predicted octanol–water partition coefficient (Wildman–Crippen LogP) is 4.94. The molecule has 1 aromatic heterocycles. The van der Waals surface area contributed by atoms with Gasteiger partial charge in [0.25, 0.3) is 0 Å². The summed E-state index contributed by atoms with van der Waals surface area (Å²) in [5.41, 5.74) is 3.87. The number of aliphatic hydroxyl groups is 1. The number of aromatic nitrogens is 1. The smallest absolute Gasteiger partial charge is 0.185 e. The largest absolute Gasteiger partial charge is 0.390 e. The Labute approximate surface area is 179 Å². The summed E-state index contributed by atoms with van der Waals surface area (Å²) in [6.45, 7) is 6.35. The molecule has 0 saturated carbocycles. The molecule has 0 aliphatic heterocycles. The van der Waals surface area contributed by atoms with Crippen molar-refractivity contribution in [3.63, 3.8) is 0 Å². The van der Waals surface area contributed by atoms with Crippen LogP contribution in [0.25, 0.3) is 17.0 Å². The van der Waals surface area contributed by atoms with Crippen LogP contribution >= 0.6 is 0 Å². The van der Waals surface area contributed by atoms with Crippen LogP contribution in [0, 0.1) is 6.92 Å². The number of unbranched alkanes of at least 4 members (excludes halogenated alkanes) is 1. The number of carbonyl (C=O) groups excluding carboxylic acids is 1. The highest BCUT2D eigenvalue weighted by molar-refractivity contribution is 6.07. The fraction of sp³-hybridized carbons (Fsp3) is 0.346. The van der Waals surface area contributed by atoms with E-state index in [4.69, 9.17) is 0 Å². The third-order valence-electron chi connectivity index (χ3n) is 5.39. The maximum Gasteiger partial charge on any atom is 0.185 e. The van der Waals surface area contributed by atoms with Gasteiger partial charge in [-0.3, -0.25) is 4.79 Å². The summed E-state index contributed by atoms with van der Waals surface area (Å²) in [6, 6.07) is 15.7. The molecule has 3 rings (SSSR count). The first-order valence-corrected chi connectivity index (χ1v) is 10.7. The number of allylic oxidation sites excluding steroid dienone is 1. The minimum Gasteiger partial charge on any atom is -0.390 e. The van der Waals surface area contributed by atoms with Gasteiger partial charge < -0.3 is 14.6 Å². The van der Waals surface area contributed by atoms with E-state index in [0.29, 0.717) is 18.7 Å². The van der Waals surface area contributed by atoms with Crippen molar-refractivity contribution in [3.8, 4) is 0 Å². The predicted molar refractivity (Wildman–Crippen MR) is 125 cm³/mol. The van der Waals surface area contributed by atoms with Crippen LogP contribution in [0.2, 0.25) is 0 Å². The molecule has 0 unspecified atom stereocenters. The van der Waals surface area contributed by atoms with E-state index in [0.717, 1.165) is 41.4 Å². The van der Waals surface area contributed by atoms with Gasteiger partial charge in [0.15, 0.2) is 5.78 Å². The van der Waals surface area contributed by atoms with Crippen LogP contribution in [0.15, 0.2) is 60.8 Å². The highest BCUT2D eigenvalue weighted by atomic mass is 16.3. The van der Waals surface area contributed by atoms with E-state index >= 15 is 0 Å². The van der Waals surface area contributed by atoms with E-state index < -0.39 is 6.10 Å². The Bertz CT molecular complexity index is 1000. The van der Waals surface area contributed by atoms with Gasteiger partial charge in [-0.15, -0.1) is 0 Å². The van der Waals surface area contributed by atoms with Gasteiger partial charge in [0.05, 0.1) is 6.10 Å². The number of aliphatic hydroxyl groups excluding tert-OH is 1. The van der Waals surface area contributed by atoms with Gasteiger partial charge in [-0.2, -0.15) is 0 Å². The fourth-order valence-corrected chi connectivity index (χ4v) is 3.70. The van der Waals surface area contributed by atoms with Crippen LogP contribution in [-0.4, -0.2) is 46.6 Å². The van der Waals surface area contributed by atoms with Crippen LogP contribution in [0.1, 0.15) is 41.3 Å². The van der Waals surface area contributed by atoms with Crippen molar-refractivity contribution in [2.75, 3.05) is 20.1 Å². The monoisotopic (exact) mass is 404 g/mol. The molecule has 1 N–H and O–H groups in total. The molecule has 0 fully saturated rings. The number of fused-ring (bicyclic) bond motifs is 1. The zero-order valence-electron chi connectivity index (χ0n) is 18.2. The van der Waals surface area contributed by atoms with Crippen molar-refractivity contribution in [2.24, 2.45) is 0 Å². The van der Waals surface area contributed by atoms with Gasteiger partial charge in [-0.1, -0.05) is 61.4 Å². The lowest BCUT2D eigenvalue weighted by atomic mass is 10.1. The number of ketones is 1. The van der Waals surface area contributed by atoms with Gasteiger partial charge in [-0.25, -0.2) is 0 Å². The summed E-state index contributed by atoms with van der Waals surface area (Å²) in [5.74, 6) is -0.00980. The average molecular weight is 405 g/mol. The molecule has 0 bridgehead atoms. The quantitative estimate of drug-likeness (QED) is 0.385. The molecule has 0 spiro atoms. The van der Waals surface area contributed by atoms with E-state index in [-0.39, 0.29) is 5.78 Å². The number of aryl methyl sites for hydroxylation is 1. The molecule has 4 nitrogen and oxygen atoms in total. The van der Waals surface area contributed by atoms with E-state index in [9.17, 15) is 9.90 Å². The molecule has 0 saturated heterocycles. The maximum atomic E-state index is 12.5. The third kappa shape index (κ3) is 5.68. The van der Waals surface area contributed by atoms with E-state index in [1.165, 1.54) is 0 Å². The molecule has 1 heterocycles. The SMILES string of the molecule is CCCCN(C)C[C@@H](O)Cn1cc(/C=C/C(=O)c2ccc(C)cc2)c2ccccc21. The number of rotatable bonds is 10. The Balaban J connectivity index is 1.76. The van der Waals surface area contributed by atoms with Crippen LogP contribution < -0.4 is 0 Å². The normalized spacial score (nSPS) is 12.8. The van der Waals surface area contributed by atoms with Crippen LogP contribution in [0.4, 0.5) is 0 Å². The van der Waals surface area contributed by atoms with E-state index in [1.54, 1.807) is 6.08 Å². The first kappa shape index (κ1) is 22.0. The molecule has 0 aliphatic rings. The topological polar surface area (TPSA) is 45.5 Å². The minimum absolute atomic E-state index is 0.00980. The minimum atomic E-state index is -0.450. The van der Waals surface area contributed by atoms with Gasteiger partial charge >= 0.3 is 0 Å². The summed E-state index contributed by atoms with van der Waals surface area (Å²) < 4.78 is 2.09. The molecule has 4 heteroatoms. The van der Waals surface area contributed by atoms with Crippen molar-refractivity contribution in [3.05, 3.63) is 77.5 Å². The number of nitrogens with zero attached hydrogens (tertiary/aromatic N) is 2. The molecular formula is C26H32N2O2. The molecular weight excluding hydrogens is 372 g/mol. The summed E-state index contributed by atoms with van der Waals surface area (Å²) in [4.78, 5) is 14.7. The number of para-hydroxylation sites is 1. The lowest BCUT2D eigenvalue weighted by molar-refractivity contribution is 0.104. The summed E-state index contributed by atoms with van der Waals surface area (Å²) in [5, 5.41) is 11.7. The molecule has 0 radical (unpaired) electrons. The highest BCUT2D eigenvalue weighted by Crippen LogP contribution is 2.23. The lowest BCUT2D eigenvalue weighted by Gasteiger charge is -2.21. The zero-order chi connectivity index (χ0) is 21.5. The summed E-state index contributed by atoms with van der Waals surface area (Å²) >= 11 is 0. The highest BCUT2D eigenvalue weighted by Gasteiger charge is 2.13. The van der Waals surface area contributed by atoms with E-state index in [1.807, 2.05) is 55.6 Å². The molecule has 1 atom stereocenters. The number of benzene rings is 2. The Morgan fingerprint density at radius 3 is 2.63 bits per heavy atom. The van der Waals surface area contributed by atoms with Gasteiger partial charge in [0.2, 0.25) is 0 Å². The van der Waals surface area contributed by atoms with Crippen molar-refractivity contribution in [2.45, 2.75) is 39.3 Å². The first-order valence-electron chi connectivity index (χ1n) is 10.7. The van der Waals surface area contributed by atoms with Crippen molar-refractivity contribution in [1.29, 1.82) is 0 Å². The van der Waals surface area contributed by atoms with Crippen LogP contribution in [0.5, 0.6) is 0 Å². The second-order valence-electron chi connectivity index (χ2n) is 8.09. The van der Waals surface area contributed by atoms with Crippen molar-refractivity contribution < 1.29 is 9.90 Å². The Morgan fingerprint density at radius 1 is 1.17 bits per heavy atom. The number of likely N-dealkylation sites (N-methyl/N-ethyl adjacent to an activating group) is 1. The average Bonchev–Trinajstić information content (AvgIpc) is 3.08. The van der Waals surface area contributed by atoms with E-state index in [2.05, 4.69) is 35.6 Å². The Morgan fingerprint density at radius 2 is 1.90 bits per heavy atom. The molecule has 158 valence electrons. The first-order chi connectivity index (χ1) is 14.5. The molecule has 0 amide bonds. The maximum absolute atomic E-state index is 12.5. The van der Waals surface area contributed by atoms with Gasteiger partial charge in [-0.05, 0) is 45.2 Å². The second kappa shape index (κ2) is 10.4. The van der Waals surface area contributed by atoms with Gasteiger partial charge in [0, 0.05) is 41.3 Å². The lowest BCUT2D eigenvalue weighted by Crippen LogP contribution is -2.32. The fourth-order valence-electron chi connectivity index (χ4n) is 3.70.